The van der Waals surface area contributed by atoms with Crippen LogP contribution in [0.5, 0.6) is 0 Å². The Morgan fingerprint density at radius 3 is 2.36 bits per heavy atom. The molecule has 1 unspecified atom stereocenters. The molecule has 2 amide bonds. The Hall–Kier alpha value is -3.79. The number of hydrogen-bond donors (Lipinski definition) is 2. The van der Waals surface area contributed by atoms with Crippen LogP contribution in [0.4, 0.5) is 19.0 Å². The van der Waals surface area contributed by atoms with Gasteiger partial charge in [0, 0.05) is 49.5 Å². The zero-order valence-electron chi connectivity index (χ0n) is 23.1. The number of pyridine rings is 1. The molecule has 0 spiro atoms. The zero-order chi connectivity index (χ0) is 29.4. The second kappa shape index (κ2) is 17.7. The first-order chi connectivity index (χ1) is 18.5. The molecule has 0 aliphatic rings. The number of nitrogens with one attached hydrogen (secondary N) is 2. The summed E-state index contributed by atoms with van der Waals surface area (Å²) in [6.45, 7) is 5.50. The molecule has 212 valence electrons. The fourth-order valence-electron chi connectivity index (χ4n) is 3.53. The Kier molecular flexibility index (Phi) is 15.1. The summed E-state index contributed by atoms with van der Waals surface area (Å²) < 4.78 is 38.2. The van der Waals surface area contributed by atoms with Gasteiger partial charge in [-0.15, -0.1) is 0 Å². The molecular formula is C29H37F3N4O3. The highest BCUT2D eigenvalue weighted by Gasteiger charge is 2.10. The summed E-state index contributed by atoms with van der Waals surface area (Å²) >= 11 is 0. The van der Waals surface area contributed by atoms with Crippen LogP contribution in [0, 0.1) is 17.5 Å². The highest BCUT2D eigenvalue weighted by Crippen LogP contribution is 2.17. The van der Waals surface area contributed by atoms with Gasteiger partial charge in [-0.1, -0.05) is 26.0 Å². The number of Topliss-reactive ketones (excluding diaryl/α,β-unsaturated/α-hetero) is 1. The van der Waals surface area contributed by atoms with E-state index in [1.54, 1.807) is 18.3 Å². The summed E-state index contributed by atoms with van der Waals surface area (Å²) in [6, 6.07) is 10.5. The average molecular weight is 547 g/mol. The van der Waals surface area contributed by atoms with Crippen molar-refractivity contribution in [2.24, 2.45) is 0 Å². The number of benzene rings is 2. The first-order valence-electron chi connectivity index (χ1n) is 12.6. The number of amides is 2. The second-order valence-electron chi connectivity index (χ2n) is 8.91. The van der Waals surface area contributed by atoms with Crippen molar-refractivity contribution in [2.75, 3.05) is 19.4 Å². The number of anilines is 1. The number of fused-ring (bicyclic) bond motifs is 1. The van der Waals surface area contributed by atoms with Crippen LogP contribution in [-0.2, 0) is 20.9 Å². The van der Waals surface area contributed by atoms with Gasteiger partial charge in [0.1, 0.15) is 17.4 Å². The molecule has 3 rings (SSSR count). The van der Waals surface area contributed by atoms with E-state index in [2.05, 4.69) is 41.5 Å². The summed E-state index contributed by atoms with van der Waals surface area (Å²) in [5.74, 6) is -1.50. The number of rotatable bonds is 10. The molecular weight excluding hydrogens is 509 g/mol. The highest BCUT2D eigenvalue weighted by atomic mass is 19.2. The van der Waals surface area contributed by atoms with E-state index in [0.717, 1.165) is 30.7 Å². The third-order valence-corrected chi connectivity index (χ3v) is 5.75. The molecule has 7 nitrogen and oxygen atoms in total. The molecule has 3 aromatic rings. The second-order valence-corrected chi connectivity index (χ2v) is 8.91. The van der Waals surface area contributed by atoms with Crippen LogP contribution < -0.4 is 10.6 Å². The lowest BCUT2D eigenvalue weighted by Gasteiger charge is -2.22. The Bertz CT molecular complexity index is 1220. The number of ketones is 1. The van der Waals surface area contributed by atoms with Gasteiger partial charge in [-0.3, -0.25) is 14.4 Å². The predicted octanol–water partition coefficient (Wildman–Crippen LogP) is 5.63. The van der Waals surface area contributed by atoms with Crippen molar-refractivity contribution in [1.29, 1.82) is 0 Å². The normalized spacial score (nSPS) is 11.0. The molecule has 0 saturated carbocycles. The summed E-state index contributed by atoms with van der Waals surface area (Å²) in [5, 5.41) is 6.34. The molecule has 39 heavy (non-hydrogen) atoms. The van der Waals surface area contributed by atoms with Crippen LogP contribution in [0.2, 0.25) is 0 Å². The number of nitrogens with zero attached hydrogens (tertiary/aromatic N) is 2. The molecule has 1 atom stereocenters. The van der Waals surface area contributed by atoms with E-state index in [0.29, 0.717) is 35.9 Å². The molecule has 1 aromatic heterocycles. The molecule has 0 aliphatic heterocycles. The van der Waals surface area contributed by atoms with Crippen LogP contribution in [0.3, 0.4) is 0 Å². The third-order valence-electron chi connectivity index (χ3n) is 5.75. The lowest BCUT2D eigenvalue weighted by Crippen LogP contribution is -2.27. The number of carbonyl (C=O) groups is 3. The Balaban J connectivity index is 0.000000296. The molecule has 0 bridgehead atoms. The van der Waals surface area contributed by atoms with E-state index in [1.807, 2.05) is 6.92 Å². The summed E-state index contributed by atoms with van der Waals surface area (Å²) in [4.78, 5) is 37.9. The standard InChI is InChI=1S/C11H9FN2O.C10H21NO.C8H7F2NO/c1-7(15)14-11-5-9-4-10(12)3-2-8(9)6-13-11;1-5-9(11(3)4)7-8-10(12)6-2;9-7-3-1-2-6(8(7)10)4-11-5-12/h2-6H,1H3,(H,13,14,15);9H,5-8H2,1-4H3;1-3,5H,4H2,(H,11,12). The van der Waals surface area contributed by atoms with Crippen molar-refractivity contribution in [1.82, 2.24) is 15.2 Å². The van der Waals surface area contributed by atoms with Gasteiger partial charge in [0.15, 0.2) is 11.6 Å². The van der Waals surface area contributed by atoms with Gasteiger partial charge in [-0.2, -0.15) is 0 Å². The maximum Gasteiger partial charge on any atom is 0.222 e. The SMILES string of the molecule is CC(=O)Nc1cc2cc(F)ccc2cn1.CCC(=O)CCC(CC)N(C)C.O=CNCc1cccc(F)c1F. The molecule has 1 heterocycles. The Morgan fingerprint density at radius 2 is 1.77 bits per heavy atom. The van der Waals surface area contributed by atoms with Crippen molar-refractivity contribution in [3.8, 4) is 0 Å². The number of hydrogen-bond acceptors (Lipinski definition) is 5. The van der Waals surface area contributed by atoms with E-state index in [-0.39, 0.29) is 23.8 Å². The number of aromatic nitrogens is 1. The predicted molar refractivity (Wildman–Crippen MR) is 148 cm³/mol. The molecule has 2 aromatic carbocycles. The van der Waals surface area contributed by atoms with Gasteiger partial charge in [-0.05, 0) is 62.7 Å². The fourth-order valence-corrected chi connectivity index (χ4v) is 3.53. The topological polar surface area (TPSA) is 91.4 Å². The summed E-state index contributed by atoms with van der Waals surface area (Å²) in [6.07, 6.45) is 5.60. The van der Waals surface area contributed by atoms with E-state index in [1.165, 1.54) is 31.2 Å². The molecule has 10 heteroatoms. The minimum Gasteiger partial charge on any atom is -0.354 e. The van der Waals surface area contributed by atoms with Gasteiger partial charge < -0.3 is 15.5 Å². The van der Waals surface area contributed by atoms with Crippen molar-refractivity contribution in [3.05, 3.63) is 71.7 Å². The lowest BCUT2D eigenvalue weighted by molar-refractivity contribution is -0.119. The Labute approximate surface area is 227 Å². The van der Waals surface area contributed by atoms with Crippen molar-refractivity contribution >= 4 is 34.7 Å². The summed E-state index contributed by atoms with van der Waals surface area (Å²) in [7, 11) is 4.15. The van der Waals surface area contributed by atoms with Crippen LogP contribution in [0.15, 0.2) is 48.7 Å². The molecule has 0 radical (unpaired) electrons. The molecule has 2 N–H and O–H groups in total. The number of halogens is 3. The lowest BCUT2D eigenvalue weighted by atomic mass is 10.0. The Morgan fingerprint density at radius 1 is 1.05 bits per heavy atom. The first kappa shape index (κ1) is 33.2. The fraction of sp³-hybridized carbons (Fsp3) is 0.379. The van der Waals surface area contributed by atoms with E-state index < -0.39 is 11.6 Å². The van der Waals surface area contributed by atoms with Crippen molar-refractivity contribution in [3.63, 3.8) is 0 Å². The van der Waals surface area contributed by atoms with E-state index >= 15 is 0 Å². The quantitative estimate of drug-likeness (QED) is 0.322. The van der Waals surface area contributed by atoms with Crippen LogP contribution in [0.25, 0.3) is 10.8 Å². The van der Waals surface area contributed by atoms with Gasteiger partial charge in [0.05, 0.1) is 0 Å². The van der Waals surface area contributed by atoms with Crippen molar-refractivity contribution < 1.29 is 27.6 Å². The van der Waals surface area contributed by atoms with Crippen LogP contribution in [-0.4, -0.2) is 48.1 Å². The average Bonchev–Trinajstić information content (AvgIpc) is 2.89. The first-order valence-corrected chi connectivity index (χ1v) is 12.6. The smallest absolute Gasteiger partial charge is 0.222 e. The van der Waals surface area contributed by atoms with Crippen LogP contribution >= 0.6 is 0 Å². The third kappa shape index (κ3) is 12.5. The minimum absolute atomic E-state index is 0.00704. The summed E-state index contributed by atoms with van der Waals surface area (Å²) in [5.41, 5.74) is 0.141. The largest absolute Gasteiger partial charge is 0.354 e. The van der Waals surface area contributed by atoms with Gasteiger partial charge in [0.2, 0.25) is 12.3 Å². The van der Waals surface area contributed by atoms with Gasteiger partial charge in [-0.25, -0.2) is 18.2 Å². The monoisotopic (exact) mass is 546 g/mol. The highest BCUT2D eigenvalue weighted by molar-refractivity contribution is 5.91. The minimum atomic E-state index is -0.910. The maximum atomic E-state index is 12.9. The molecule has 0 saturated heterocycles. The zero-order valence-corrected chi connectivity index (χ0v) is 23.1. The van der Waals surface area contributed by atoms with Gasteiger partial charge in [0.25, 0.3) is 0 Å². The molecule has 0 aliphatic carbocycles. The van der Waals surface area contributed by atoms with E-state index in [9.17, 15) is 27.6 Å². The van der Waals surface area contributed by atoms with E-state index in [4.69, 9.17) is 0 Å². The van der Waals surface area contributed by atoms with Crippen molar-refractivity contribution in [2.45, 2.75) is 59.0 Å². The maximum absolute atomic E-state index is 12.9. The van der Waals surface area contributed by atoms with Crippen LogP contribution in [0.1, 0.15) is 52.0 Å². The van der Waals surface area contributed by atoms with Gasteiger partial charge >= 0.3 is 0 Å². The number of carbonyl (C=O) groups excluding carboxylic acids is 3. The molecule has 0 fully saturated rings.